The molecular weight excluding hydrogens is 378 g/mol. The van der Waals surface area contributed by atoms with Crippen molar-refractivity contribution >= 4 is 45.7 Å². The van der Waals surface area contributed by atoms with Crippen LogP contribution in [-0.2, 0) is 0 Å². The molecule has 2 aromatic heterocycles. The quantitative estimate of drug-likeness (QED) is 0.315. The van der Waals surface area contributed by atoms with E-state index in [9.17, 15) is 4.79 Å². The highest BCUT2D eigenvalue weighted by atomic mass is 16.1. The number of carbonyl (C=O) groups is 1. The Labute approximate surface area is 172 Å². The van der Waals surface area contributed by atoms with Crippen LogP contribution in [0.15, 0.2) is 73.2 Å². The summed E-state index contributed by atoms with van der Waals surface area (Å²) in [6.07, 6.45) is 5.64. The number of aromatic amines is 1. The van der Waals surface area contributed by atoms with Crippen molar-refractivity contribution in [1.29, 1.82) is 5.41 Å². The first-order valence-electron chi connectivity index (χ1n) is 9.17. The highest BCUT2D eigenvalue weighted by molar-refractivity contribution is 6.08. The fourth-order valence-corrected chi connectivity index (χ4v) is 3.03. The Balaban J connectivity index is 1.51. The third-order valence-corrected chi connectivity index (χ3v) is 4.55. The molecule has 8 heteroatoms. The third kappa shape index (κ3) is 4.02. The lowest BCUT2D eigenvalue weighted by atomic mass is 10.1. The van der Waals surface area contributed by atoms with Gasteiger partial charge in [-0.2, -0.15) is 10.2 Å². The molecule has 0 unspecified atom stereocenters. The van der Waals surface area contributed by atoms with Gasteiger partial charge in [-0.25, -0.2) is 0 Å². The maximum absolute atomic E-state index is 12.5. The van der Waals surface area contributed by atoms with Crippen molar-refractivity contribution in [3.05, 3.63) is 84.4 Å². The molecule has 0 fully saturated rings. The molecule has 0 saturated carbocycles. The summed E-state index contributed by atoms with van der Waals surface area (Å²) in [5, 5.41) is 21.9. The molecule has 148 valence electrons. The second-order valence-corrected chi connectivity index (χ2v) is 6.54. The molecular formula is C22H19N7O. The van der Waals surface area contributed by atoms with Gasteiger partial charge in [0.25, 0.3) is 5.91 Å². The Morgan fingerprint density at radius 2 is 1.80 bits per heavy atom. The Morgan fingerprint density at radius 1 is 1.00 bits per heavy atom. The van der Waals surface area contributed by atoms with E-state index in [1.165, 1.54) is 24.8 Å². The number of hydrogen-bond donors (Lipinski definition) is 5. The van der Waals surface area contributed by atoms with Gasteiger partial charge in [0.15, 0.2) is 0 Å². The van der Waals surface area contributed by atoms with Crippen molar-refractivity contribution in [2.75, 3.05) is 10.6 Å². The maximum atomic E-state index is 12.5. The highest BCUT2D eigenvalue weighted by Crippen LogP contribution is 2.24. The first-order valence-corrected chi connectivity index (χ1v) is 9.17. The van der Waals surface area contributed by atoms with Crippen LogP contribution >= 0.6 is 0 Å². The predicted octanol–water partition coefficient (Wildman–Crippen LogP) is 3.90. The summed E-state index contributed by atoms with van der Waals surface area (Å²) in [7, 11) is 0. The van der Waals surface area contributed by atoms with Gasteiger partial charge < -0.3 is 26.8 Å². The molecule has 0 atom stereocenters. The topological polar surface area (TPSA) is 133 Å². The zero-order chi connectivity index (χ0) is 20.9. The average Bonchev–Trinajstić information content (AvgIpc) is 3.20. The van der Waals surface area contributed by atoms with Gasteiger partial charge in [0.1, 0.15) is 5.69 Å². The van der Waals surface area contributed by atoms with E-state index in [2.05, 4.69) is 25.8 Å². The number of carbonyl (C=O) groups excluding carboxylic acids is 1. The van der Waals surface area contributed by atoms with Gasteiger partial charge >= 0.3 is 0 Å². The fourth-order valence-electron chi connectivity index (χ4n) is 3.03. The van der Waals surface area contributed by atoms with Gasteiger partial charge in [0.05, 0.1) is 18.1 Å². The number of allylic oxidation sites excluding steroid dienone is 1. The monoisotopic (exact) mass is 397 g/mol. The standard InChI is InChI=1S/C22H19N7O/c23-11-16(12-24)14-1-4-17(5-2-14)27-18-6-3-15-9-21(29-20(15)10-18)22(30)28-19-7-8-25-26-13-19/h1-13,23,27,29H,24H2,(H,25,28,30). The summed E-state index contributed by atoms with van der Waals surface area (Å²) in [5.74, 6) is -0.251. The minimum atomic E-state index is -0.251. The molecule has 30 heavy (non-hydrogen) atoms. The molecule has 0 aliphatic heterocycles. The first kappa shape index (κ1) is 18.9. The number of nitrogens with zero attached hydrogens (tertiary/aromatic N) is 2. The van der Waals surface area contributed by atoms with E-state index in [1.807, 2.05) is 42.5 Å². The van der Waals surface area contributed by atoms with E-state index in [0.29, 0.717) is 17.0 Å². The minimum Gasteiger partial charge on any atom is -0.404 e. The first-order chi connectivity index (χ1) is 14.7. The number of nitrogens with two attached hydrogens (primary N) is 1. The molecule has 0 radical (unpaired) electrons. The van der Waals surface area contributed by atoms with Crippen molar-refractivity contribution in [2.24, 2.45) is 5.73 Å². The average molecular weight is 397 g/mol. The maximum Gasteiger partial charge on any atom is 0.272 e. The summed E-state index contributed by atoms with van der Waals surface area (Å²) in [5.41, 5.74) is 10.7. The second-order valence-electron chi connectivity index (χ2n) is 6.54. The molecule has 1 amide bonds. The number of aromatic nitrogens is 3. The van der Waals surface area contributed by atoms with Gasteiger partial charge in [-0.3, -0.25) is 4.79 Å². The largest absolute Gasteiger partial charge is 0.404 e. The van der Waals surface area contributed by atoms with Gasteiger partial charge in [-0.1, -0.05) is 18.2 Å². The second kappa shape index (κ2) is 8.27. The van der Waals surface area contributed by atoms with Crippen molar-refractivity contribution in [3.8, 4) is 0 Å². The smallest absolute Gasteiger partial charge is 0.272 e. The number of rotatable bonds is 6. The van der Waals surface area contributed by atoms with Gasteiger partial charge in [0, 0.05) is 40.3 Å². The Kier molecular flexibility index (Phi) is 5.21. The molecule has 0 aliphatic rings. The van der Waals surface area contributed by atoms with Crippen LogP contribution < -0.4 is 16.4 Å². The van der Waals surface area contributed by atoms with Crippen LogP contribution in [0.3, 0.4) is 0 Å². The van der Waals surface area contributed by atoms with Crippen molar-refractivity contribution in [1.82, 2.24) is 15.2 Å². The molecule has 2 heterocycles. The normalized spacial score (nSPS) is 11.3. The number of H-pyrrole nitrogens is 1. The summed E-state index contributed by atoms with van der Waals surface area (Å²) >= 11 is 0. The van der Waals surface area contributed by atoms with Crippen LogP contribution in [0.25, 0.3) is 16.5 Å². The molecule has 4 rings (SSSR count). The lowest BCUT2D eigenvalue weighted by Crippen LogP contribution is -2.12. The van der Waals surface area contributed by atoms with E-state index >= 15 is 0 Å². The Bertz CT molecular complexity index is 1230. The van der Waals surface area contributed by atoms with Crippen molar-refractivity contribution in [2.45, 2.75) is 0 Å². The van der Waals surface area contributed by atoms with E-state index in [4.69, 9.17) is 11.1 Å². The summed E-state index contributed by atoms with van der Waals surface area (Å²) < 4.78 is 0. The summed E-state index contributed by atoms with van der Waals surface area (Å²) in [6, 6.07) is 16.9. The van der Waals surface area contributed by atoms with Crippen LogP contribution in [0.4, 0.5) is 17.1 Å². The molecule has 8 nitrogen and oxygen atoms in total. The minimum absolute atomic E-state index is 0.251. The lowest BCUT2D eigenvalue weighted by Gasteiger charge is -2.08. The molecule has 2 aromatic carbocycles. The molecule has 0 aliphatic carbocycles. The zero-order valence-electron chi connectivity index (χ0n) is 15.9. The lowest BCUT2D eigenvalue weighted by molar-refractivity contribution is 0.102. The molecule has 0 spiro atoms. The van der Waals surface area contributed by atoms with E-state index in [0.717, 1.165) is 27.8 Å². The molecule has 4 aromatic rings. The van der Waals surface area contributed by atoms with Crippen LogP contribution in [0.2, 0.25) is 0 Å². The number of anilines is 3. The number of hydrogen-bond acceptors (Lipinski definition) is 6. The summed E-state index contributed by atoms with van der Waals surface area (Å²) in [6.45, 7) is 0. The summed E-state index contributed by atoms with van der Waals surface area (Å²) in [4.78, 5) is 15.6. The van der Waals surface area contributed by atoms with Crippen LogP contribution in [0, 0.1) is 5.41 Å². The third-order valence-electron chi connectivity index (χ3n) is 4.55. The predicted molar refractivity (Wildman–Crippen MR) is 119 cm³/mol. The van der Waals surface area contributed by atoms with Crippen molar-refractivity contribution in [3.63, 3.8) is 0 Å². The van der Waals surface area contributed by atoms with E-state index in [1.54, 1.807) is 12.1 Å². The highest BCUT2D eigenvalue weighted by Gasteiger charge is 2.10. The van der Waals surface area contributed by atoms with Crippen molar-refractivity contribution < 1.29 is 4.79 Å². The van der Waals surface area contributed by atoms with Crippen LogP contribution in [-0.4, -0.2) is 27.3 Å². The van der Waals surface area contributed by atoms with Gasteiger partial charge in [-0.05, 0) is 42.0 Å². The Morgan fingerprint density at radius 3 is 2.50 bits per heavy atom. The molecule has 6 N–H and O–H groups in total. The number of benzene rings is 2. The van der Waals surface area contributed by atoms with E-state index in [-0.39, 0.29) is 5.91 Å². The fraction of sp³-hybridized carbons (Fsp3) is 0. The van der Waals surface area contributed by atoms with E-state index < -0.39 is 0 Å². The van der Waals surface area contributed by atoms with Gasteiger partial charge in [-0.15, -0.1) is 0 Å². The van der Waals surface area contributed by atoms with Crippen LogP contribution in [0.1, 0.15) is 16.1 Å². The number of fused-ring (bicyclic) bond motifs is 1. The van der Waals surface area contributed by atoms with Gasteiger partial charge in [0.2, 0.25) is 0 Å². The SMILES string of the molecule is N=CC(=CN)c1ccc(Nc2ccc3cc(C(=O)Nc4ccnnc4)[nH]c3c2)cc1. The number of nitrogens with one attached hydrogen (secondary N) is 4. The molecule has 0 saturated heterocycles. The van der Waals surface area contributed by atoms with Crippen LogP contribution in [0.5, 0.6) is 0 Å². The Hall–Kier alpha value is -4.46. The zero-order valence-corrected chi connectivity index (χ0v) is 15.9. The number of amides is 1. The molecule has 0 bridgehead atoms.